The van der Waals surface area contributed by atoms with Crippen molar-refractivity contribution < 1.29 is 13.2 Å². The molecule has 0 radical (unpaired) electrons. The molecule has 0 bridgehead atoms. The quantitative estimate of drug-likeness (QED) is 0.764. The van der Waals surface area contributed by atoms with Crippen molar-refractivity contribution in [1.29, 1.82) is 0 Å². The molecule has 1 aliphatic rings. The molecule has 2 N–H and O–H groups in total. The number of rotatable bonds is 3. The van der Waals surface area contributed by atoms with Crippen molar-refractivity contribution >= 4 is 44.3 Å². The number of pyridine rings is 1. The van der Waals surface area contributed by atoms with Crippen LogP contribution in [0.4, 0.5) is 5.82 Å². The maximum atomic E-state index is 11.8. The van der Waals surface area contributed by atoms with Gasteiger partial charge in [0.05, 0.1) is 5.75 Å². The number of nitrogens with zero attached hydrogens (tertiary/aromatic N) is 2. The van der Waals surface area contributed by atoms with E-state index in [-0.39, 0.29) is 24.0 Å². The van der Waals surface area contributed by atoms with Gasteiger partial charge < -0.3 is 0 Å². The van der Waals surface area contributed by atoms with Gasteiger partial charge in [0.1, 0.15) is 5.82 Å². The summed E-state index contributed by atoms with van der Waals surface area (Å²) in [5.74, 6) is 0.0215. The smallest absolute Gasteiger partial charge is 0.228 e. The fourth-order valence-corrected chi connectivity index (χ4v) is 3.30. The highest BCUT2D eigenvalue weighted by Crippen LogP contribution is 2.24. The zero-order valence-electron chi connectivity index (χ0n) is 9.41. The Labute approximate surface area is 119 Å². The Morgan fingerprint density at radius 2 is 2.28 bits per heavy atom. The molecular weight excluding hydrogens is 369 g/mol. The van der Waals surface area contributed by atoms with Gasteiger partial charge in [0, 0.05) is 28.7 Å². The number of sulfonamides is 1. The van der Waals surface area contributed by atoms with Crippen molar-refractivity contribution in [2.45, 2.75) is 6.42 Å². The average Bonchev–Trinajstić information content (AvgIpc) is 2.56. The second-order valence-electron chi connectivity index (χ2n) is 4.24. The number of anilines is 1. The van der Waals surface area contributed by atoms with Crippen LogP contribution in [0.3, 0.4) is 0 Å². The van der Waals surface area contributed by atoms with Crippen molar-refractivity contribution in [3.63, 3.8) is 0 Å². The van der Waals surface area contributed by atoms with Gasteiger partial charge >= 0.3 is 0 Å². The van der Waals surface area contributed by atoms with Crippen LogP contribution < -0.4 is 10.0 Å². The molecule has 1 atom stereocenters. The molecule has 6 nitrogen and oxygen atoms in total. The van der Waals surface area contributed by atoms with Crippen LogP contribution >= 0.6 is 22.6 Å². The van der Waals surface area contributed by atoms with Crippen molar-refractivity contribution in [3.05, 3.63) is 21.9 Å². The molecule has 98 valence electrons. The summed E-state index contributed by atoms with van der Waals surface area (Å²) in [5, 5.41) is 4.99. The lowest BCUT2D eigenvalue weighted by molar-refractivity contribution is -0.117. The highest BCUT2D eigenvalue weighted by Gasteiger charge is 2.33. The Hall–Kier alpha value is -0.740. The highest BCUT2D eigenvalue weighted by molar-refractivity contribution is 14.1. The van der Waals surface area contributed by atoms with Crippen LogP contribution in [0.15, 0.2) is 18.3 Å². The Balaban J connectivity index is 2.15. The summed E-state index contributed by atoms with van der Waals surface area (Å²) in [6.45, 7) is 0.350. The molecule has 0 spiro atoms. The number of halogens is 1. The third-order valence-corrected chi connectivity index (χ3v) is 4.26. The normalized spacial score (nSPS) is 20.4. The standard InChI is InChI=1S/C10H12IN3O3S/c11-8-1-2-13-9(4-8)14-5-7(3-10(14)15)6-18(12,16)17/h1-2,4,7H,3,5-6H2,(H2,12,16,17). The largest absolute Gasteiger partial charge is 0.296 e. The van der Waals surface area contributed by atoms with Crippen LogP contribution in [-0.2, 0) is 14.8 Å². The molecule has 2 heterocycles. The molecule has 0 aromatic carbocycles. The number of amides is 1. The predicted octanol–water partition coefficient (Wildman–Crippen LogP) is 0.328. The molecule has 1 saturated heterocycles. The molecule has 18 heavy (non-hydrogen) atoms. The van der Waals surface area contributed by atoms with E-state index in [0.717, 1.165) is 3.57 Å². The average molecular weight is 381 g/mol. The minimum Gasteiger partial charge on any atom is -0.296 e. The molecule has 2 rings (SSSR count). The van der Waals surface area contributed by atoms with Gasteiger partial charge in [-0.2, -0.15) is 0 Å². The second kappa shape index (κ2) is 5.10. The van der Waals surface area contributed by atoms with E-state index in [1.807, 2.05) is 6.07 Å². The van der Waals surface area contributed by atoms with Gasteiger partial charge in [-0.25, -0.2) is 18.5 Å². The SMILES string of the molecule is NS(=O)(=O)CC1CC(=O)N(c2cc(I)ccn2)C1. The second-order valence-corrected chi connectivity index (χ2v) is 7.14. The zero-order chi connectivity index (χ0) is 13.3. The Kier molecular flexibility index (Phi) is 3.87. The third-order valence-electron chi connectivity index (χ3n) is 2.66. The summed E-state index contributed by atoms with van der Waals surface area (Å²) in [6, 6.07) is 3.62. The van der Waals surface area contributed by atoms with E-state index in [0.29, 0.717) is 12.4 Å². The van der Waals surface area contributed by atoms with Crippen LogP contribution in [0.5, 0.6) is 0 Å². The molecule has 1 unspecified atom stereocenters. The minimum atomic E-state index is -3.55. The number of carbonyl (C=O) groups excluding carboxylic acids is 1. The Morgan fingerprint density at radius 1 is 1.56 bits per heavy atom. The molecule has 1 fully saturated rings. The van der Waals surface area contributed by atoms with Crippen molar-refractivity contribution in [3.8, 4) is 0 Å². The van der Waals surface area contributed by atoms with Crippen LogP contribution in [0.1, 0.15) is 6.42 Å². The van der Waals surface area contributed by atoms with Crippen LogP contribution in [0, 0.1) is 9.49 Å². The van der Waals surface area contributed by atoms with E-state index in [9.17, 15) is 13.2 Å². The van der Waals surface area contributed by atoms with Gasteiger partial charge in [-0.3, -0.25) is 9.69 Å². The predicted molar refractivity (Wildman–Crippen MR) is 75.4 cm³/mol. The number of primary sulfonamides is 1. The third kappa shape index (κ3) is 3.39. The minimum absolute atomic E-state index is 0.113. The summed E-state index contributed by atoms with van der Waals surface area (Å²) < 4.78 is 23.0. The molecule has 8 heteroatoms. The molecular formula is C10H12IN3O3S. The monoisotopic (exact) mass is 381 g/mol. The lowest BCUT2D eigenvalue weighted by atomic mass is 10.1. The van der Waals surface area contributed by atoms with Gasteiger partial charge in [0.2, 0.25) is 15.9 Å². The summed E-state index contributed by atoms with van der Waals surface area (Å²) in [6.07, 6.45) is 1.82. The Bertz CT molecular complexity index is 575. The number of aromatic nitrogens is 1. The molecule has 1 aromatic heterocycles. The van der Waals surface area contributed by atoms with Crippen molar-refractivity contribution in [1.82, 2.24) is 4.98 Å². The first-order valence-electron chi connectivity index (χ1n) is 5.27. The Morgan fingerprint density at radius 3 is 2.89 bits per heavy atom. The molecule has 1 amide bonds. The number of nitrogens with two attached hydrogens (primary N) is 1. The first-order valence-corrected chi connectivity index (χ1v) is 8.07. The van der Waals surface area contributed by atoms with Crippen LogP contribution in [-0.4, -0.2) is 31.6 Å². The van der Waals surface area contributed by atoms with Gasteiger partial charge in [-0.05, 0) is 34.7 Å². The number of hydrogen-bond donors (Lipinski definition) is 1. The van der Waals surface area contributed by atoms with E-state index in [2.05, 4.69) is 27.6 Å². The van der Waals surface area contributed by atoms with Gasteiger partial charge in [-0.1, -0.05) is 0 Å². The van der Waals surface area contributed by atoms with Crippen molar-refractivity contribution in [2.24, 2.45) is 11.1 Å². The van der Waals surface area contributed by atoms with Crippen LogP contribution in [0.25, 0.3) is 0 Å². The van der Waals surface area contributed by atoms with E-state index in [1.54, 1.807) is 12.3 Å². The van der Waals surface area contributed by atoms with E-state index >= 15 is 0 Å². The summed E-state index contributed by atoms with van der Waals surface area (Å²) >= 11 is 2.13. The molecule has 0 aliphatic carbocycles. The molecule has 1 aliphatic heterocycles. The summed E-state index contributed by atoms with van der Waals surface area (Å²) in [4.78, 5) is 17.5. The van der Waals surface area contributed by atoms with Gasteiger partial charge in [0.15, 0.2) is 0 Å². The fourth-order valence-electron chi connectivity index (χ4n) is 1.98. The number of carbonyl (C=O) groups is 1. The fraction of sp³-hybridized carbons (Fsp3) is 0.400. The lowest BCUT2D eigenvalue weighted by Crippen LogP contribution is -2.28. The van der Waals surface area contributed by atoms with E-state index in [1.165, 1.54) is 4.90 Å². The topological polar surface area (TPSA) is 93.4 Å². The van der Waals surface area contributed by atoms with E-state index in [4.69, 9.17) is 5.14 Å². The molecule has 0 saturated carbocycles. The summed E-state index contributed by atoms with van der Waals surface area (Å²) in [7, 11) is -3.55. The van der Waals surface area contributed by atoms with E-state index < -0.39 is 10.0 Å². The highest BCUT2D eigenvalue weighted by atomic mass is 127. The van der Waals surface area contributed by atoms with Gasteiger partial charge in [0.25, 0.3) is 0 Å². The zero-order valence-corrected chi connectivity index (χ0v) is 12.4. The first kappa shape index (κ1) is 13.7. The van der Waals surface area contributed by atoms with Crippen molar-refractivity contribution in [2.75, 3.05) is 17.2 Å². The lowest BCUT2D eigenvalue weighted by Gasteiger charge is -2.15. The summed E-state index contributed by atoms with van der Waals surface area (Å²) in [5.41, 5.74) is 0. The maximum absolute atomic E-state index is 11.8. The first-order chi connectivity index (χ1) is 8.35. The molecule has 1 aromatic rings. The number of hydrogen-bond acceptors (Lipinski definition) is 4. The van der Waals surface area contributed by atoms with Gasteiger partial charge in [-0.15, -0.1) is 0 Å². The maximum Gasteiger partial charge on any atom is 0.228 e. The van der Waals surface area contributed by atoms with Crippen LogP contribution in [0.2, 0.25) is 0 Å².